The third-order valence-corrected chi connectivity index (χ3v) is 3.74. The molecule has 0 spiro atoms. The van der Waals surface area contributed by atoms with Crippen LogP contribution in [0.2, 0.25) is 0 Å². The molecular formula is C12H15BrN2O2S. The second-order valence-electron chi connectivity index (χ2n) is 4.94. The van der Waals surface area contributed by atoms with Crippen LogP contribution in [0.15, 0.2) is 20.7 Å². The maximum absolute atomic E-state index is 5.63. The summed E-state index contributed by atoms with van der Waals surface area (Å²) in [7, 11) is 0. The monoisotopic (exact) mass is 330 g/mol. The Morgan fingerprint density at radius 3 is 2.61 bits per heavy atom. The summed E-state index contributed by atoms with van der Waals surface area (Å²) < 4.78 is 12.0. The van der Waals surface area contributed by atoms with Gasteiger partial charge in [0.2, 0.25) is 5.89 Å². The molecule has 2 aromatic heterocycles. The van der Waals surface area contributed by atoms with Crippen LogP contribution in [0.25, 0.3) is 0 Å². The number of nitrogens with zero attached hydrogens (tertiary/aromatic N) is 2. The van der Waals surface area contributed by atoms with Gasteiger partial charge < -0.3 is 9.15 Å². The lowest BCUT2D eigenvalue weighted by Crippen LogP contribution is -2.09. The maximum Gasteiger partial charge on any atom is 0.220 e. The summed E-state index contributed by atoms with van der Waals surface area (Å²) in [5.74, 6) is 1.49. The van der Waals surface area contributed by atoms with Crippen molar-refractivity contribution in [2.24, 2.45) is 0 Å². The van der Waals surface area contributed by atoms with Gasteiger partial charge >= 0.3 is 0 Å². The van der Waals surface area contributed by atoms with Gasteiger partial charge in [-0.1, -0.05) is 20.8 Å². The van der Waals surface area contributed by atoms with Crippen LogP contribution in [0.4, 0.5) is 0 Å². The average molecular weight is 331 g/mol. The minimum atomic E-state index is -0.0201. The number of thiazole rings is 1. The third kappa shape index (κ3) is 3.63. The highest BCUT2D eigenvalue weighted by Gasteiger charge is 2.19. The Labute approximate surface area is 119 Å². The molecule has 0 N–H and O–H groups in total. The number of oxazole rings is 1. The Morgan fingerprint density at radius 2 is 2.06 bits per heavy atom. The lowest BCUT2D eigenvalue weighted by atomic mass is 9.94. The molecule has 2 heterocycles. The van der Waals surface area contributed by atoms with E-state index in [1.807, 2.05) is 0 Å². The normalized spacial score (nSPS) is 12.0. The van der Waals surface area contributed by atoms with Gasteiger partial charge in [0.1, 0.15) is 12.4 Å². The van der Waals surface area contributed by atoms with Gasteiger partial charge in [-0.25, -0.2) is 9.97 Å². The molecular weight excluding hydrogens is 316 g/mol. The molecule has 0 saturated heterocycles. The van der Waals surface area contributed by atoms with Gasteiger partial charge in [-0.3, -0.25) is 0 Å². The Hall–Kier alpha value is -0.720. The molecule has 2 aromatic rings. The van der Waals surface area contributed by atoms with Gasteiger partial charge in [-0.2, -0.15) is 0 Å². The molecule has 0 amide bonds. The van der Waals surface area contributed by atoms with Crippen LogP contribution in [0.5, 0.6) is 0 Å². The van der Waals surface area contributed by atoms with E-state index in [4.69, 9.17) is 9.15 Å². The van der Waals surface area contributed by atoms with Crippen molar-refractivity contribution in [2.75, 3.05) is 0 Å². The van der Waals surface area contributed by atoms with E-state index in [1.54, 1.807) is 23.7 Å². The molecule has 18 heavy (non-hydrogen) atoms. The number of hydrogen-bond donors (Lipinski definition) is 0. The van der Waals surface area contributed by atoms with Crippen LogP contribution < -0.4 is 0 Å². The zero-order valence-electron chi connectivity index (χ0n) is 10.6. The van der Waals surface area contributed by atoms with E-state index in [9.17, 15) is 0 Å². The third-order valence-electron chi connectivity index (χ3n) is 2.29. The first kappa shape index (κ1) is 13.7. The predicted octanol–water partition coefficient (Wildman–Crippen LogP) is 3.91. The molecule has 0 aliphatic heterocycles. The molecule has 0 radical (unpaired) electrons. The molecule has 0 aromatic carbocycles. The Kier molecular flexibility index (Phi) is 4.19. The smallest absolute Gasteiger partial charge is 0.220 e. The summed E-state index contributed by atoms with van der Waals surface area (Å²) in [5, 5.41) is 0. The van der Waals surface area contributed by atoms with E-state index in [0.717, 1.165) is 14.6 Å². The predicted molar refractivity (Wildman–Crippen MR) is 73.5 cm³/mol. The summed E-state index contributed by atoms with van der Waals surface area (Å²) in [6, 6.07) is 0. The molecule has 0 unspecified atom stereocenters. The van der Waals surface area contributed by atoms with Crippen molar-refractivity contribution in [1.82, 2.24) is 9.97 Å². The van der Waals surface area contributed by atoms with Crippen molar-refractivity contribution >= 4 is 27.3 Å². The van der Waals surface area contributed by atoms with Crippen LogP contribution >= 0.6 is 27.3 Å². The molecule has 0 fully saturated rings. The fourth-order valence-corrected chi connectivity index (χ4v) is 2.61. The van der Waals surface area contributed by atoms with E-state index in [1.165, 1.54) is 0 Å². The molecule has 0 atom stereocenters. The van der Waals surface area contributed by atoms with E-state index in [0.29, 0.717) is 19.1 Å². The van der Waals surface area contributed by atoms with Gasteiger partial charge in [0, 0.05) is 11.6 Å². The first-order valence-electron chi connectivity index (χ1n) is 5.58. The summed E-state index contributed by atoms with van der Waals surface area (Å²) in [5.41, 5.74) is -0.0201. The summed E-state index contributed by atoms with van der Waals surface area (Å²) in [6.07, 6.45) is 3.56. The van der Waals surface area contributed by atoms with Gasteiger partial charge in [0.25, 0.3) is 0 Å². The fourth-order valence-electron chi connectivity index (χ4n) is 1.31. The minimum absolute atomic E-state index is 0.0201. The first-order valence-corrected chi connectivity index (χ1v) is 7.19. The Balaban J connectivity index is 1.85. The van der Waals surface area contributed by atoms with Gasteiger partial charge in [0.15, 0.2) is 3.92 Å². The number of halogens is 1. The highest BCUT2D eigenvalue weighted by molar-refractivity contribution is 9.11. The van der Waals surface area contributed by atoms with Crippen molar-refractivity contribution in [3.05, 3.63) is 32.8 Å². The van der Waals surface area contributed by atoms with Crippen molar-refractivity contribution in [2.45, 2.75) is 39.4 Å². The Bertz CT molecular complexity index is 516. The van der Waals surface area contributed by atoms with Gasteiger partial charge in [-0.05, 0) is 15.9 Å². The number of aromatic nitrogens is 2. The lowest BCUT2D eigenvalue weighted by Gasteiger charge is -2.13. The second-order valence-corrected chi connectivity index (χ2v) is 7.33. The number of hydrogen-bond acceptors (Lipinski definition) is 5. The average Bonchev–Trinajstić information content (AvgIpc) is 2.87. The minimum Gasteiger partial charge on any atom is -0.443 e. The van der Waals surface area contributed by atoms with Crippen LogP contribution in [-0.2, 0) is 23.4 Å². The van der Waals surface area contributed by atoms with Crippen LogP contribution in [0.1, 0.15) is 37.3 Å². The SMILES string of the molecule is CC(C)(C)c1cnc(COCc2cnc(Br)s2)o1. The fraction of sp³-hybridized carbons (Fsp3) is 0.500. The van der Waals surface area contributed by atoms with Crippen LogP contribution in [0.3, 0.4) is 0 Å². The zero-order chi connectivity index (χ0) is 13.2. The molecule has 0 aliphatic carbocycles. The molecule has 98 valence electrons. The van der Waals surface area contributed by atoms with Crippen molar-refractivity contribution in [3.8, 4) is 0 Å². The molecule has 0 aliphatic rings. The quantitative estimate of drug-likeness (QED) is 0.852. The molecule has 4 nitrogen and oxygen atoms in total. The standard InChI is InChI=1S/C12H15BrN2O2S/c1-12(2,3)9-5-14-10(17-9)7-16-6-8-4-15-11(13)18-8/h4-5H,6-7H2,1-3H3. The van der Waals surface area contributed by atoms with E-state index in [-0.39, 0.29) is 5.41 Å². The molecule has 0 bridgehead atoms. The van der Waals surface area contributed by atoms with Crippen molar-refractivity contribution in [1.29, 1.82) is 0 Å². The van der Waals surface area contributed by atoms with Crippen molar-refractivity contribution < 1.29 is 9.15 Å². The lowest BCUT2D eigenvalue weighted by molar-refractivity contribution is 0.0895. The zero-order valence-corrected chi connectivity index (χ0v) is 13.0. The number of ether oxygens (including phenoxy) is 1. The summed E-state index contributed by atoms with van der Waals surface area (Å²) in [6.45, 7) is 7.18. The van der Waals surface area contributed by atoms with E-state index >= 15 is 0 Å². The highest BCUT2D eigenvalue weighted by Crippen LogP contribution is 2.23. The first-order chi connectivity index (χ1) is 8.45. The van der Waals surface area contributed by atoms with Crippen LogP contribution in [-0.4, -0.2) is 9.97 Å². The summed E-state index contributed by atoms with van der Waals surface area (Å²) >= 11 is 4.88. The molecule has 6 heteroatoms. The van der Waals surface area contributed by atoms with Crippen molar-refractivity contribution in [3.63, 3.8) is 0 Å². The number of rotatable bonds is 4. The molecule has 0 saturated carbocycles. The van der Waals surface area contributed by atoms with Crippen LogP contribution in [0, 0.1) is 0 Å². The van der Waals surface area contributed by atoms with E-state index < -0.39 is 0 Å². The highest BCUT2D eigenvalue weighted by atomic mass is 79.9. The molecule has 2 rings (SSSR count). The topological polar surface area (TPSA) is 48.2 Å². The van der Waals surface area contributed by atoms with E-state index in [2.05, 4.69) is 46.7 Å². The second kappa shape index (κ2) is 5.50. The van der Waals surface area contributed by atoms with Gasteiger partial charge in [-0.15, -0.1) is 11.3 Å². The maximum atomic E-state index is 5.63. The Morgan fingerprint density at radius 1 is 1.28 bits per heavy atom. The summed E-state index contributed by atoms with van der Waals surface area (Å²) in [4.78, 5) is 9.37. The van der Waals surface area contributed by atoms with Gasteiger partial charge in [0.05, 0.1) is 17.7 Å². The largest absolute Gasteiger partial charge is 0.443 e.